The van der Waals surface area contributed by atoms with Gasteiger partial charge >= 0.3 is 5.97 Å². The van der Waals surface area contributed by atoms with Crippen molar-refractivity contribution < 1.29 is 9.53 Å². The monoisotopic (exact) mass is 255 g/mol. The fourth-order valence-electron chi connectivity index (χ4n) is 1.38. The Kier molecular flexibility index (Phi) is 4.34. The summed E-state index contributed by atoms with van der Waals surface area (Å²) in [6.45, 7) is 5.61. The van der Waals surface area contributed by atoms with Crippen LogP contribution >= 0.6 is 11.8 Å². The zero-order valence-corrected chi connectivity index (χ0v) is 11.3. The summed E-state index contributed by atoms with van der Waals surface area (Å²) in [4.78, 5) is 20.1. The van der Waals surface area contributed by atoms with E-state index in [4.69, 9.17) is 10.5 Å². The number of hydrogen-bond acceptors (Lipinski definition) is 6. The normalized spacial score (nSPS) is 11.3. The predicted molar refractivity (Wildman–Crippen MR) is 67.9 cm³/mol. The second kappa shape index (κ2) is 5.35. The quantitative estimate of drug-likeness (QED) is 0.500. The van der Waals surface area contributed by atoms with Crippen LogP contribution in [0.15, 0.2) is 11.4 Å². The number of rotatable bonds is 4. The average molecular weight is 255 g/mol. The molecule has 0 spiro atoms. The molecule has 0 aliphatic heterocycles. The Morgan fingerprint density at radius 2 is 2.24 bits per heavy atom. The number of anilines is 1. The molecule has 94 valence electrons. The van der Waals surface area contributed by atoms with Crippen molar-refractivity contribution >= 4 is 23.5 Å². The van der Waals surface area contributed by atoms with Crippen LogP contribution in [0.25, 0.3) is 0 Å². The molecule has 0 radical (unpaired) electrons. The fraction of sp³-hybridized carbons (Fsp3) is 0.545. The summed E-state index contributed by atoms with van der Waals surface area (Å²) in [6.07, 6.45) is 3.45. The molecule has 0 atom stereocenters. The number of thioether (sulfide) groups is 1. The smallest absolute Gasteiger partial charge is 0.316 e. The molecule has 0 saturated heterocycles. The Labute approximate surface area is 105 Å². The van der Waals surface area contributed by atoms with E-state index in [2.05, 4.69) is 9.97 Å². The number of hydrogen-bond donors (Lipinski definition) is 1. The van der Waals surface area contributed by atoms with Crippen LogP contribution in [0.4, 0.5) is 5.82 Å². The van der Waals surface area contributed by atoms with Crippen LogP contribution in [-0.4, -0.2) is 28.8 Å². The maximum Gasteiger partial charge on any atom is 0.316 e. The molecule has 6 heteroatoms. The van der Waals surface area contributed by atoms with Crippen LogP contribution in [0, 0.1) is 0 Å². The highest BCUT2D eigenvalue weighted by Gasteiger charge is 2.34. The number of nitrogens with two attached hydrogens (primary N) is 1. The van der Waals surface area contributed by atoms with Crippen molar-refractivity contribution in [3.8, 4) is 0 Å². The van der Waals surface area contributed by atoms with E-state index in [1.807, 2.05) is 6.26 Å². The largest absolute Gasteiger partial charge is 0.465 e. The third-order valence-electron chi connectivity index (χ3n) is 2.44. The number of esters is 1. The van der Waals surface area contributed by atoms with E-state index in [-0.39, 0.29) is 5.97 Å². The fourth-order valence-corrected chi connectivity index (χ4v) is 1.73. The first-order valence-corrected chi connectivity index (χ1v) is 6.50. The van der Waals surface area contributed by atoms with Gasteiger partial charge in [-0.05, 0) is 27.0 Å². The predicted octanol–water partition coefficient (Wildman–Crippen LogP) is 1.62. The third-order valence-corrected chi connectivity index (χ3v) is 3.00. The average Bonchev–Trinajstić information content (AvgIpc) is 2.28. The Balaban J connectivity index is 3.10. The van der Waals surface area contributed by atoms with Crippen molar-refractivity contribution in [1.29, 1.82) is 0 Å². The molecule has 0 saturated carbocycles. The molecule has 0 bridgehead atoms. The van der Waals surface area contributed by atoms with Gasteiger partial charge in [-0.15, -0.1) is 0 Å². The van der Waals surface area contributed by atoms with Crippen LogP contribution in [0.5, 0.6) is 0 Å². The van der Waals surface area contributed by atoms with Crippen molar-refractivity contribution in [2.24, 2.45) is 0 Å². The van der Waals surface area contributed by atoms with Gasteiger partial charge in [-0.25, -0.2) is 9.97 Å². The van der Waals surface area contributed by atoms with Gasteiger partial charge in [-0.2, -0.15) is 0 Å². The SMILES string of the molecule is CCOC(=O)C(C)(C)c1cnc(SC)nc1N. The lowest BCUT2D eigenvalue weighted by atomic mass is 9.86. The first-order valence-electron chi connectivity index (χ1n) is 5.27. The minimum Gasteiger partial charge on any atom is -0.465 e. The van der Waals surface area contributed by atoms with Crippen LogP contribution < -0.4 is 5.73 Å². The molecule has 1 rings (SSSR count). The van der Waals surface area contributed by atoms with Gasteiger partial charge in [0.05, 0.1) is 12.0 Å². The van der Waals surface area contributed by atoms with E-state index in [9.17, 15) is 4.79 Å². The summed E-state index contributed by atoms with van der Waals surface area (Å²) in [5.74, 6) is -0.00500. The van der Waals surface area contributed by atoms with Gasteiger partial charge in [0.1, 0.15) is 5.82 Å². The summed E-state index contributed by atoms with van der Waals surface area (Å²) >= 11 is 1.40. The first kappa shape index (κ1) is 13.8. The second-order valence-electron chi connectivity index (χ2n) is 4.00. The van der Waals surface area contributed by atoms with Gasteiger partial charge in [-0.1, -0.05) is 11.8 Å². The lowest BCUT2D eigenvalue weighted by molar-refractivity contribution is -0.148. The number of carbonyl (C=O) groups is 1. The van der Waals surface area contributed by atoms with Gasteiger partial charge in [0.2, 0.25) is 0 Å². The van der Waals surface area contributed by atoms with Gasteiger partial charge in [0.25, 0.3) is 0 Å². The lowest BCUT2D eigenvalue weighted by Crippen LogP contribution is -2.32. The second-order valence-corrected chi connectivity index (χ2v) is 4.77. The minimum absolute atomic E-state index is 0.322. The summed E-state index contributed by atoms with van der Waals surface area (Å²) < 4.78 is 5.02. The molecule has 1 aromatic rings. The maximum absolute atomic E-state index is 11.8. The summed E-state index contributed by atoms with van der Waals surface area (Å²) in [5.41, 5.74) is 5.60. The topological polar surface area (TPSA) is 78.1 Å². The molecule has 0 amide bonds. The molecule has 0 aromatic carbocycles. The summed E-state index contributed by atoms with van der Waals surface area (Å²) in [6, 6.07) is 0. The number of ether oxygens (including phenoxy) is 1. The van der Waals surface area contributed by atoms with Crippen LogP contribution in [0.2, 0.25) is 0 Å². The molecule has 0 unspecified atom stereocenters. The number of nitrogen functional groups attached to an aromatic ring is 1. The highest BCUT2D eigenvalue weighted by molar-refractivity contribution is 7.98. The number of carbonyl (C=O) groups excluding carboxylic acids is 1. The van der Waals surface area contributed by atoms with E-state index in [0.717, 1.165) is 0 Å². The zero-order chi connectivity index (χ0) is 13.1. The van der Waals surface area contributed by atoms with Crippen molar-refractivity contribution in [3.05, 3.63) is 11.8 Å². The van der Waals surface area contributed by atoms with Crippen molar-refractivity contribution in [2.45, 2.75) is 31.3 Å². The molecule has 5 nitrogen and oxygen atoms in total. The third kappa shape index (κ3) is 2.88. The molecule has 2 N–H and O–H groups in total. The highest BCUT2D eigenvalue weighted by Crippen LogP contribution is 2.28. The van der Waals surface area contributed by atoms with E-state index >= 15 is 0 Å². The number of aromatic nitrogens is 2. The van der Waals surface area contributed by atoms with Crippen LogP contribution in [0.3, 0.4) is 0 Å². The Bertz CT molecular complexity index is 421. The summed E-state index contributed by atoms with van der Waals surface area (Å²) in [5, 5.41) is 0.589. The molecule has 0 aliphatic carbocycles. The van der Waals surface area contributed by atoms with Crippen LogP contribution in [-0.2, 0) is 14.9 Å². The van der Waals surface area contributed by atoms with Gasteiger partial charge in [0.15, 0.2) is 5.16 Å². The molecule has 0 aliphatic rings. The lowest BCUT2D eigenvalue weighted by Gasteiger charge is -2.23. The molecular weight excluding hydrogens is 238 g/mol. The van der Waals surface area contributed by atoms with E-state index in [1.54, 1.807) is 27.0 Å². The van der Waals surface area contributed by atoms with Gasteiger partial charge in [0, 0.05) is 11.8 Å². The van der Waals surface area contributed by atoms with E-state index in [1.165, 1.54) is 11.8 Å². The Morgan fingerprint density at radius 1 is 1.59 bits per heavy atom. The molecule has 1 aromatic heterocycles. The maximum atomic E-state index is 11.8. The van der Waals surface area contributed by atoms with Crippen molar-refractivity contribution in [2.75, 3.05) is 18.6 Å². The highest BCUT2D eigenvalue weighted by atomic mass is 32.2. The van der Waals surface area contributed by atoms with Gasteiger partial charge in [-0.3, -0.25) is 4.79 Å². The molecule has 17 heavy (non-hydrogen) atoms. The summed E-state index contributed by atoms with van der Waals surface area (Å²) in [7, 11) is 0. The molecule has 0 fully saturated rings. The number of nitrogens with zero attached hydrogens (tertiary/aromatic N) is 2. The van der Waals surface area contributed by atoms with Crippen LogP contribution in [0.1, 0.15) is 26.3 Å². The molecule has 1 heterocycles. The Hall–Kier alpha value is -1.30. The van der Waals surface area contributed by atoms with Crippen molar-refractivity contribution in [1.82, 2.24) is 9.97 Å². The first-order chi connectivity index (χ1) is 7.93. The zero-order valence-electron chi connectivity index (χ0n) is 10.5. The molecular formula is C11H17N3O2S. The van der Waals surface area contributed by atoms with Crippen molar-refractivity contribution in [3.63, 3.8) is 0 Å². The Morgan fingerprint density at radius 3 is 2.71 bits per heavy atom. The minimum atomic E-state index is -0.836. The standard InChI is InChI=1S/C11H17N3O2S/c1-5-16-9(15)11(2,3)7-6-13-10(17-4)14-8(7)12/h6H,5H2,1-4H3,(H2,12,13,14). The van der Waals surface area contributed by atoms with E-state index < -0.39 is 5.41 Å². The van der Waals surface area contributed by atoms with Gasteiger partial charge < -0.3 is 10.5 Å². The van der Waals surface area contributed by atoms with E-state index in [0.29, 0.717) is 23.1 Å².